The number of hydrogen-bond acceptors (Lipinski definition) is 4. The standard InChI is InChI=1S/C8H4INO3S/c9-5-1-2-6(11)4-3-7(10(12)13)14-8(4)5/h1-3,11H. The first-order chi connectivity index (χ1) is 6.59. The van der Waals surface area contributed by atoms with Crippen LogP contribution in [0.1, 0.15) is 0 Å². The monoisotopic (exact) mass is 321 g/mol. The van der Waals surface area contributed by atoms with Crippen LogP contribution in [0.25, 0.3) is 10.1 Å². The van der Waals surface area contributed by atoms with Crippen molar-refractivity contribution in [1.29, 1.82) is 0 Å². The summed E-state index contributed by atoms with van der Waals surface area (Å²) in [5.74, 6) is 0.0877. The Morgan fingerprint density at radius 2 is 2.21 bits per heavy atom. The second kappa shape index (κ2) is 3.35. The largest absolute Gasteiger partial charge is 0.507 e. The van der Waals surface area contributed by atoms with Gasteiger partial charge in [0.05, 0.1) is 9.62 Å². The normalized spacial score (nSPS) is 10.6. The fraction of sp³-hybridized carbons (Fsp3) is 0. The lowest BCUT2D eigenvalue weighted by atomic mass is 10.2. The Morgan fingerprint density at radius 1 is 1.50 bits per heavy atom. The molecule has 14 heavy (non-hydrogen) atoms. The summed E-state index contributed by atoms with van der Waals surface area (Å²) in [7, 11) is 0. The lowest BCUT2D eigenvalue weighted by Crippen LogP contribution is -1.80. The highest BCUT2D eigenvalue weighted by Gasteiger charge is 2.15. The van der Waals surface area contributed by atoms with Gasteiger partial charge in [-0.2, -0.15) is 0 Å². The van der Waals surface area contributed by atoms with Crippen molar-refractivity contribution in [1.82, 2.24) is 0 Å². The van der Waals surface area contributed by atoms with E-state index in [1.165, 1.54) is 6.07 Å². The summed E-state index contributed by atoms with van der Waals surface area (Å²) >= 11 is 3.17. The van der Waals surface area contributed by atoms with E-state index in [0.717, 1.165) is 19.6 Å². The van der Waals surface area contributed by atoms with Crippen LogP contribution >= 0.6 is 33.9 Å². The fourth-order valence-corrected chi connectivity index (χ4v) is 2.85. The number of aromatic hydroxyl groups is 1. The molecule has 0 saturated carbocycles. The molecule has 2 aromatic rings. The molecule has 0 unspecified atom stereocenters. The Balaban J connectivity index is 2.82. The number of nitro groups is 1. The molecule has 72 valence electrons. The summed E-state index contributed by atoms with van der Waals surface area (Å²) in [5.41, 5.74) is 0. The molecule has 1 aromatic heterocycles. The van der Waals surface area contributed by atoms with E-state index in [4.69, 9.17) is 0 Å². The molecule has 0 bridgehead atoms. The van der Waals surface area contributed by atoms with Gasteiger partial charge < -0.3 is 5.11 Å². The van der Waals surface area contributed by atoms with Crippen LogP contribution in [0, 0.1) is 13.7 Å². The second-order valence-electron chi connectivity index (χ2n) is 2.65. The zero-order valence-corrected chi connectivity index (χ0v) is 9.70. The van der Waals surface area contributed by atoms with Crippen LogP contribution in [-0.4, -0.2) is 10.0 Å². The molecule has 0 atom stereocenters. The molecule has 0 aliphatic heterocycles. The van der Waals surface area contributed by atoms with E-state index in [-0.39, 0.29) is 10.8 Å². The number of rotatable bonds is 1. The highest BCUT2D eigenvalue weighted by Crippen LogP contribution is 2.38. The number of nitrogens with zero attached hydrogens (tertiary/aromatic N) is 1. The van der Waals surface area contributed by atoms with Gasteiger partial charge >= 0.3 is 5.00 Å². The molecular formula is C8H4INO3S. The van der Waals surface area contributed by atoms with Gasteiger partial charge in [-0.1, -0.05) is 11.3 Å². The van der Waals surface area contributed by atoms with E-state index in [0.29, 0.717) is 5.39 Å². The van der Waals surface area contributed by atoms with Gasteiger partial charge in [-0.05, 0) is 34.7 Å². The van der Waals surface area contributed by atoms with Crippen LogP contribution in [0.5, 0.6) is 5.75 Å². The van der Waals surface area contributed by atoms with Gasteiger partial charge in [-0.3, -0.25) is 10.1 Å². The average Bonchev–Trinajstić information content (AvgIpc) is 2.57. The van der Waals surface area contributed by atoms with Crippen LogP contribution in [0.3, 0.4) is 0 Å². The van der Waals surface area contributed by atoms with Gasteiger partial charge in [0.1, 0.15) is 5.75 Å². The Bertz CT molecular complexity index is 484. The summed E-state index contributed by atoms with van der Waals surface area (Å²) in [6.07, 6.45) is 0. The van der Waals surface area contributed by atoms with E-state index in [9.17, 15) is 15.2 Å². The maximum absolute atomic E-state index is 10.5. The molecule has 1 heterocycles. The van der Waals surface area contributed by atoms with Crippen LogP contribution in [0.2, 0.25) is 0 Å². The molecular weight excluding hydrogens is 317 g/mol. The Hall–Kier alpha value is -0.890. The van der Waals surface area contributed by atoms with Gasteiger partial charge in [0.2, 0.25) is 0 Å². The molecule has 2 rings (SSSR count). The SMILES string of the molecule is O=[N+]([O-])c1cc2c(O)ccc(I)c2s1. The molecule has 0 amide bonds. The first kappa shape index (κ1) is 9.66. The highest BCUT2D eigenvalue weighted by molar-refractivity contribution is 14.1. The number of thiophene rings is 1. The smallest absolute Gasteiger partial charge is 0.325 e. The van der Waals surface area contributed by atoms with E-state index < -0.39 is 4.92 Å². The minimum atomic E-state index is -0.444. The maximum Gasteiger partial charge on any atom is 0.325 e. The fourth-order valence-electron chi connectivity index (χ4n) is 1.15. The first-order valence-corrected chi connectivity index (χ1v) is 5.54. The maximum atomic E-state index is 10.5. The summed E-state index contributed by atoms with van der Waals surface area (Å²) in [6.45, 7) is 0. The number of halogens is 1. The van der Waals surface area contributed by atoms with Gasteiger partial charge in [0.25, 0.3) is 0 Å². The minimum absolute atomic E-state index is 0.0550. The molecule has 1 N–H and O–H groups in total. The number of benzene rings is 1. The third kappa shape index (κ3) is 1.44. The molecule has 4 nitrogen and oxygen atoms in total. The Labute approximate surface area is 96.5 Å². The molecule has 0 saturated heterocycles. The number of hydrogen-bond donors (Lipinski definition) is 1. The topological polar surface area (TPSA) is 63.4 Å². The van der Waals surface area contributed by atoms with Crippen molar-refractivity contribution >= 4 is 49.0 Å². The van der Waals surface area contributed by atoms with E-state index in [1.54, 1.807) is 12.1 Å². The third-order valence-electron chi connectivity index (χ3n) is 1.78. The van der Waals surface area contributed by atoms with Crippen molar-refractivity contribution in [2.24, 2.45) is 0 Å². The van der Waals surface area contributed by atoms with Crippen molar-refractivity contribution in [3.05, 3.63) is 31.9 Å². The van der Waals surface area contributed by atoms with Gasteiger partial charge in [-0.25, -0.2) is 0 Å². The zero-order chi connectivity index (χ0) is 10.3. The van der Waals surface area contributed by atoms with Gasteiger partial charge in [0, 0.05) is 15.0 Å². The van der Waals surface area contributed by atoms with E-state index in [2.05, 4.69) is 22.6 Å². The summed E-state index contributed by atoms with van der Waals surface area (Å²) in [4.78, 5) is 10.1. The molecule has 0 fully saturated rings. The molecule has 0 aliphatic rings. The first-order valence-electron chi connectivity index (χ1n) is 3.65. The Morgan fingerprint density at radius 3 is 2.79 bits per heavy atom. The predicted octanol–water partition coefficient (Wildman–Crippen LogP) is 3.12. The van der Waals surface area contributed by atoms with Crippen molar-refractivity contribution in [2.75, 3.05) is 0 Å². The van der Waals surface area contributed by atoms with E-state index >= 15 is 0 Å². The summed E-state index contributed by atoms with van der Waals surface area (Å²) in [5, 5.41) is 20.6. The number of fused-ring (bicyclic) bond motifs is 1. The third-order valence-corrected chi connectivity index (χ3v) is 4.16. The van der Waals surface area contributed by atoms with Crippen LogP contribution < -0.4 is 0 Å². The van der Waals surface area contributed by atoms with Crippen LogP contribution in [-0.2, 0) is 0 Å². The molecule has 0 aliphatic carbocycles. The quantitative estimate of drug-likeness (QED) is 0.499. The van der Waals surface area contributed by atoms with Crippen molar-refractivity contribution in [3.8, 4) is 5.75 Å². The van der Waals surface area contributed by atoms with Crippen LogP contribution in [0.4, 0.5) is 5.00 Å². The molecule has 0 radical (unpaired) electrons. The minimum Gasteiger partial charge on any atom is -0.507 e. The van der Waals surface area contributed by atoms with Crippen LogP contribution in [0.15, 0.2) is 18.2 Å². The second-order valence-corrected chi connectivity index (χ2v) is 4.84. The number of phenols is 1. The lowest BCUT2D eigenvalue weighted by Gasteiger charge is -1.94. The molecule has 0 spiro atoms. The predicted molar refractivity (Wildman–Crippen MR) is 62.9 cm³/mol. The average molecular weight is 321 g/mol. The van der Waals surface area contributed by atoms with Crippen molar-refractivity contribution < 1.29 is 10.0 Å². The van der Waals surface area contributed by atoms with Gasteiger partial charge in [0.15, 0.2) is 0 Å². The van der Waals surface area contributed by atoms with E-state index in [1.807, 2.05) is 0 Å². The number of phenolic OH excluding ortho intramolecular Hbond substituents is 1. The lowest BCUT2D eigenvalue weighted by molar-refractivity contribution is -0.380. The zero-order valence-electron chi connectivity index (χ0n) is 6.73. The van der Waals surface area contributed by atoms with Gasteiger partial charge in [-0.15, -0.1) is 0 Å². The summed E-state index contributed by atoms with van der Waals surface area (Å²) in [6, 6.07) is 4.68. The van der Waals surface area contributed by atoms with Crippen molar-refractivity contribution in [3.63, 3.8) is 0 Å². The Kier molecular flexibility index (Phi) is 2.31. The molecule has 6 heteroatoms. The summed E-state index contributed by atoms with van der Waals surface area (Å²) < 4.78 is 1.67. The molecule has 1 aromatic carbocycles. The van der Waals surface area contributed by atoms with Crippen molar-refractivity contribution in [2.45, 2.75) is 0 Å². The highest BCUT2D eigenvalue weighted by atomic mass is 127.